The van der Waals surface area contributed by atoms with Crippen molar-refractivity contribution in [1.82, 2.24) is 9.62 Å². The SMILES string of the molecule is C[C@H]1CCCN(CCCNS(=O)(=O)c2ccc(N)cc2)C1. The maximum Gasteiger partial charge on any atom is 0.240 e. The van der Waals surface area contributed by atoms with Crippen LogP contribution in [0.15, 0.2) is 29.2 Å². The van der Waals surface area contributed by atoms with E-state index in [4.69, 9.17) is 5.73 Å². The average molecular weight is 311 g/mol. The molecule has 5 nitrogen and oxygen atoms in total. The normalized spacial score (nSPS) is 20.5. The molecular weight excluding hydrogens is 286 g/mol. The highest BCUT2D eigenvalue weighted by Crippen LogP contribution is 2.15. The van der Waals surface area contributed by atoms with Crippen LogP contribution in [0.5, 0.6) is 0 Å². The largest absolute Gasteiger partial charge is 0.399 e. The van der Waals surface area contributed by atoms with Crippen LogP contribution in [-0.2, 0) is 10.0 Å². The second-order valence-electron chi connectivity index (χ2n) is 5.87. The third-order valence-corrected chi connectivity index (χ3v) is 5.35. The van der Waals surface area contributed by atoms with Gasteiger partial charge in [0.25, 0.3) is 0 Å². The van der Waals surface area contributed by atoms with Gasteiger partial charge in [-0.1, -0.05) is 6.92 Å². The van der Waals surface area contributed by atoms with E-state index in [0.717, 1.165) is 32.0 Å². The van der Waals surface area contributed by atoms with E-state index < -0.39 is 10.0 Å². The number of hydrogen-bond donors (Lipinski definition) is 2. The Morgan fingerprint density at radius 3 is 2.71 bits per heavy atom. The smallest absolute Gasteiger partial charge is 0.240 e. The van der Waals surface area contributed by atoms with E-state index in [2.05, 4.69) is 16.5 Å². The van der Waals surface area contributed by atoms with Crippen molar-refractivity contribution >= 4 is 15.7 Å². The van der Waals surface area contributed by atoms with Crippen molar-refractivity contribution in [3.05, 3.63) is 24.3 Å². The van der Waals surface area contributed by atoms with E-state index in [1.54, 1.807) is 12.1 Å². The lowest BCUT2D eigenvalue weighted by Gasteiger charge is -2.30. The fourth-order valence-electron chi connectivity index (χ4n) is 2.73. The number of sulfonamides is 1. The Kier molecular flexibility index (Phi) is 5.61. The first-order chi connectivity index (χ1) is 9.97. The molecule has 1 aromatic carbocycles. The highest BCUT2D eigenvalue weighted by molar-refractivity contribution is 7.89. The first-order valence-electron chi connectivity index (χ1n) is 7.55. The van der Waals surface area contributed by atoms with E-state index in [1.807, 2.05) is 0 Å². The third kappa shape index (κ3) is 4.98. The summed E-state index contributed by atoms with van der Waals surface area (Å²) < 4.78 is 26.8. The van der Waals surface area contributed by atoms with Gasteiger partial charge in [-0.25, -0.2) is 13.1 Å². The summed E-state index contributed by atoms with van der Waals surface area (Å²) in [4.78, 5) is 2.69. The summed E-state index contributed by atoms with van der Waals surface area (Å²) in [5, 5.41) is 0. The van der Waals surface area contributed by atoms with Crippen LogP contribution in [0.2, 0.25) is 0 Å². The van der Waals surface area contributed by atoms with Crippen molar-refractivity contribution in [2.75, 3.05) is 31.9 Å². The molecule has 1 saturated heterocycles. The monoisotopic (exact) mass is 311 g/mol. The number of nitrogens with one attached hydrogen (secondary N) is 1. The highest BCUT2D eigenvalue weighted by Gasteiger charge is 2.16. The van der Waals surface area contributed by atoms with Gasteiger partial charge in [-0.15, -0.1) is 0 Å². The van der Waals surface area contributed by atoms with Crippen molar-refractivity contribution in [3.63, 3.8) is 0 Å². The van der Waals surface area contributed by atoms with Crippen molar-refractivity contribution < 1.29 is 8.42 Å². The lowest BCUT2D eigenvalue weighted by Crippen LogP contribution is -2.36. The Hall–Kier alpha value is -1.11. The molecule has 6 heteroatoms. The third-order valence-electron chi connectivity index (χ3n) is 3.87. The molecule has 118 valence electrons. The summed E-state index contributed by atoms with van der Waals surface area (Å²) in [6, 6.07) is 6.27. The number of nitrogens with zero attached hydrogens (tertiary/aromatic N) is 1. The first-order valence-corrected chi connectivity index (χ1v) is 9.03. The zero-order valence-corrected chi connectivity index (χ0v) is 13.4. The molecule has 2 rings (SSSR count). The summed E-state index contributed by atoms with van der Waals surface area (Å²) in [7, 11) is -3.41. The van der Waals surface area contributed by atoms with Gasteiger partial charge in [0.15, 0.2) is 0 Å². The van der Waals surface area contributed by atoms with Crippen molar-refractivity contribution in [3.8, 4) is 0 Å². The van der Waals surface area contributed by atoms with Crippen LogP contribution in [0.1, 0.15) is 26.2 Å². The highest BCUT2D eigenvalue weighted by atomic mass is 32.2. The second kappa shape index (κ2) is 7.24. The molecule has 0 amide bonds. The van der Waals surface area contributed by atoms with Gasteiger partial charge in [0, 0.05) is 18.8 Å². The average Bonchev–Trinajstić information content (AvgIpc) is 2.44. The quantitative estimate of drug-likeness (QED) is 0.619. The maximum absolute atomic E-state index is 12.1. The molecular formula is C15H25N3O2S. The van der Waals surface area contributed by atoms with E-state index in [-0.39, 0.29) is 4.90 Å². The standard InChI is InChI=1S/C15H25N3O2S/c1-13-4-2-10-18(12-13)11-3-9-17-21(19,20)15-7-5-14(16)6-8-15/h5-8,13,17H,2-4,9-12,16H2,1H3/t13-/m0/s1. The second-order valence-corrected chi connectivity index (χ2v) is 7.64. The predicted molar refractivity (Wildman–Crippen MR) is 85.5 cm³/mol. The van der Waals surface area contributed by atoms with Gasteiger partial charge >= 0.3 is 0 Å². The Balaban J connectivity index is 1.76. The molecule has 1 aromatic rings. The van der Waals surface area contributed by atoms with E-state index >= 15 is 0 Å². The fourth-order valence-corrected chi connectivity index (χ4v) is 3.80. The Bertz CT molecular complexity index is 543. The maximum atomic E-state index is 12.1. The first kappa shape index (κ1) is 16.3. The Labute approximate surface area is 127 Å². The number of anilines is 1. The van der Waals surface area contributed by atoms with Crippen molar-refractivity contribution in [1.29, 1.82) is 0 Å². The minimum atomic E-state index is -3.41. The van der Waals surface area contributed by atoms with Gasteiger partial charge in [0.05, 0.1) is 4.90 Å². The molecule has 1 atom stereocenters. The zero-order valence-electron chi connectivity index (χ0n) is 12.6. The minimum absolute atomic E-state index is 0.267. The van der Waals surface area contributed by atoms with E-state index in [9.17, 15) is 8.42 Å². The molecule has 0 saturated carbocycles. The van der Waals surface area contributed by atoms with Crippen LogP contribution in [-0.4, -0.2) is 39.5 Å². The number of benzene rings is 1. The van der Waals surface area contributed by atoms with E-state index in [0.29, 0.717) is 12.2 Å². The Morgan fingerprint density at radius 1 is 1.33 bits per heavy atom. The number of nitrogens with two attached hydrogens (primary N) is 1. The predicted octanol–water partition coefficient (Wildman–Crippen LogP) is 1.67. The van der Waals surface area contributed by atoms with Crippen LogP contribution in [0.4, 0.5) is 5.69 Å². The van der Waals surface area contributed by atoms with Gasteiger partial charge in [0.2, 0.25) is 10.0 Å². The van der Waals surface area contributed by atoms with Crippen molar-refractivity contribution in [2.45, 2.75) is 31.1 Å². The summed E-state index contributed by atoms with van der Waals surface area (Å²) in [5.41, 5.74) is 6.13. The Morgan fingerprint density at radius 2 is 2.05 bits per heavy atom. The lowest BCUT2D eigenvalue weighted by molar-refractivity contribution is 0.182. The fraction of sp³-hybridized carbons (Fsp3) is 0.600. The molecule has 0 unspecified atom stereocenters. The molecule has 1 fully saturated rings. The minimum Gasteiger partial charge on any atom is -0.399 e. The van der Waals surface area contributed by atoms with E-state index in [1.165, 1.54) is 25.0 Å². The number of piperidine rings is 1. The molecule has 0 aliphatic carbocycles. The molecule has 1 heterocycles. The zero-order chi connectivity index (χ0) is 15.3. The van der Waals surface area contributed by atoms with Gasteiger partial charge in [-0.2, -0.15) is 0 Å². The number of rotatable bonds is 6. The lowest BCUT2D eigenvalue weighted by atomic mass is 10.0. The molecule has 3 N–H and O–H groups in total. The summed E-state index contributed by atoms with van der Waals surface area (Å²) in [6.07, 6.45) is 3.39. The number of hydrogen-bond acceptors (Lipinski definition) is 4. The van der Waals surface area contributed by atoms with Crippen LogP contribution >= 0.6 is 0 Å². The number of nitrogen functional groups attached to an aromatic ring is 1. The van der Waals surface area contributed by atoms with Crippen LogP contribution in [0.25, 0.3) is 0 Å². The topological polar surface area (TPSA) is 75.4 Å². The molecule has 21 heavy (non-hydrogen) atoms. The molecule has 1 aliphatic heterocycles. The summed E-state index contributed by atoms with van der Waals surface area (Å²) in [6.45, 7) is 5.96. The van der Waals surface area contributed by atoms with Crippen LogP contribution < -0.4 is 10.5 Å². The molecule has 0 radical (unpaired) electrons. The van der Waals surface area contributed by atoms with Crippen LogP contribution in [0.3, 0.4) is 0 Å². The summed E-state index contributed by atoms with van der Waals surface area (Å²) >= 11 is 0. The van der Waals surface area contributed by atoms with Gasteiger partial charge in [-0.05, 0) is 62.5 Å². The molecule has 0 spiro atoms. The van der Waals surface area contributed by atoms with Gasteiger partial charge in [-0.3, -0.25) is 0 Å². The molecule has 0 bridgehead atoms. The molecule has 0 aromatic heterocycles. The summed E-state index contributed by atoms with van der Waals surface area (Å²) in [5.74, 6) is 0.755. The van der Waals surface area contributed by atoms with Crippen molar-refractivity contribution in [2.24, 2.45) is 5.92 Å². The van der Waals surface area contributed by atoms with Gasteiger partial charge < -0.3 is 10.6 Å². The van der Waals surface area contributed by atoms with Gasteiger partial charge in [0.1, 0.15) is 0 Å². The number of likely N-dealkylation sites (tertiary alicyclic amines) is 1. The molecule has 1 aliphatic rings. The van der Waals surface area contributed by atoms with Crippen LogP contribution in [0, 0.1) is 5.92 Å².